The van der Waals surface area contributed by atoms with Crippen LogP contribution < -0.4 is 10.6 Å². The molecule has 144 valence electrons. The number of anilines is 2. The predicted molar refractivity (Wildman–Crippen MR) is 104 cm³/mol. The number of nitrogens with one attached hydrogen (secondary N) is 2. The third kappa shape index (κ3) is 4.87. The molecule has 1 saturated heterocycles. The van der Waals surface area contributed by atoms with Crippen molar-refractivity contribution >= 4 is 23.4 Å². The molecule has 1 aliphatic heterocycles. The molecule has 2 heterocycles. The van der Waals surface area contributed by atoms with Crippen molar-refractivity contribution < 1.29 is 14.1 Å². The van der Waals surface area contributed by atoms with E-state index in [0.717, 1.165) is 30.8 Å². The van der Waals surface area contributed by atoms with E-state index in [4.69, 9.17) is 4.52 Å². The summed E-state index contributed by atoms with van der Waals surface area (Å²) in [6.07, 6.45) is 2.24. The van der Waals surface area contributed by atoms with Gasteiger partial charge in [-0.15, -0.1) is 0 Å². The van der Waals surface area contributed by atoms with Gasteiger partial charge in [-0.25, -0.2) is 0 Å². The first-order chi connectivity index (χ1) is 12.9. The summed E-state index contributed by atoms with van der Waals surface area (Å²) in [5.41, 5.74) is 3.14. The number of amides is 2. The van der Waals surface area contributed by atoms with Crippen LogP contribution in [0, 0.1) is 19.8 Å². The average Bonchev–Trinajstić information content (AvgIpc) is 3.04. The van der Waals surface area contributed by atoms with Crippen molar-refractivity contribution in [2.24, 2.45) is 5.92 Å². The van der Waals surface area contributed by atoms with Crippen LogP contribution in [-0.4, -0.2) is 41.5 Å². The molecular formula is C20H26N4O3. The number of likely N-dealkylation sites (tertiary alicyclic amines) is 1. The topological polar surface area (TPSA) is 87.5 Å². The highest BCUT2D eigenvalue weighted by molar-refractivity contribution is 5.95. The third-order valence-electron chi connectivity index (χ3n) is 4.75. The number of hydrogen-bond donors (Lipinski definition) is 2. The molecule has 0 spiro atoms. The van der Waals surface area contributed by atoms with Crippen molar-refractivity contribution in [2.75, 3.05) is 30.3 Å². The van der Waals surface area contributed by atoms with Crippen LogP contribution in [0.2, 0.25) is 0 Å². The van der Waals surface area contributed by atoms with Crippen LogP contribution in [-0.2, 0) is 4.79 Å². The Bertz CT molecular complexity index is 830. The second-order valence-electron chi connectivity index (χ2n) is 7.26. The second kappa shape index (κ2) is 8.24. The van der Waals surface area contributed by atoms with Crippen LogP contribution in [0.1, 0.15) is 41.4 Å². The molecule has 3 rings (SSSR count). The van der Waals surface area contributed by atoms with Crippen LogP contribution in [0.25, 0.3) is 0 Å². The fourth-order valence-corrected chi connectivity index (χ4v) is 3.33. The number of aromatic nitrogens is 1. The van der Waals surface area contributed by atoms with Gasteiger partial charge in [0.15, 0.2) is 0 Å². The number of carbonyl (C=O) groups excluding carboxylic acids is 2. The minimum atomic E-state index is -0.229. The molecule has 1 fully saturated rings. The van der Waals surface area contributed by atoms with Crippen molar-refractivity contribution in [1.82, 2.24) is 10.1 Å². The smallest absolute Gasteiger partial charge is 0.253 e. The molecule has 7 nitrogen and oxygen atoms in total. The molecule has 0 radical (unpaired) electrons. The summed E-state index contributed by atoms with van der Waals surface area (Å²) in [5, 5.41) is 9.46. The molecule has 2 aromatic rings. The van der Waals surface area contributed by atoms with Gasteiger partial charge < -0.3 is 14.7 Å². The van der Waals surface area contributed by atoms with Gasteiger partial charge in [-0.05, 0) is 56.4 Å². The SMILES string of the molecule is Cc1cc(NC(=O)CNc2ccc(C(=O)N3CCCC(C)C3)cc2C)on1. The van der Waals surface area contributed by atoms with E-state index in [-0.39, 0.29) is 18.4 Å². The van der Waals surface area contributed by atoms with Crippen LogP contribution in [0.3, 0.4) is 0 Å². The number of piperidine rings is 1. The predicted octanol–water partition coefficient (Wildman–Crippen LogP) is 3.21. The molecule has 2 N–H and O–H groups in total. The van der Waals surface area contributed by atoms with Crippen LogP contribution in [0.5, 0.6) is 0 Å². The molecular weight excluding hydrogens is 344 g/mol. The Morgan fingerprint density at radius 1 is 1.30 bits per heavy atom. The molecule has 27 heavy (non-hydrogen) atoms. The van der Waals surface area contributed by atoms with E-state index in [0.29, 0.717) is 23.1 Å². The van der Waals surface area contributed by atoms with Gasteiger partial charge in [-0.3, -0.25) is 14.9 Å². The van der Waals surface area contributed by atoms with Crippen LogP contribution in [0.4, 0.5) is 11.6 Å². The van der Waals surface area contributed by atoms with E-state index in [2.05, 4.69) is 22.7 Å². The normalized spacial score (nSPS) is 16.9. The molecule has 1 atom stereocenters. The van der Waals surface area contributed by atoms with Gasteiger partial charge in [-0.1, -0.05) is 12.1 Å². The number of nitrogens with zero attached hydrogens (tertiary/aromatic N) is 2. The Labute approximate surface area is 159 Å². The lowest BCUT2D eigenvalue weighted by Crippen LogP contribution is -2.39. The van der Waals surface area contributed by atoms with Crippen molar-refractivity contribution in [3.63, 3.8) is 0 Å². The highest BCUT2D eigenvalue weighted by Gasteiger charge is 2.22. The maximum atomic E-state index is 12.7. The Balaban J connectivity index is 1.57. The first-order valence-electron chi connectivity index (χ1n) is 9.29. The fourth-order valence-electron chi connectivity index (χ4n) is 3.33. The second-order valence-corrected chi connectivity index (χ2v) is 7.26. The number of hydrogen-bond acceptors (Lipinski definition) is 5. The number of aryl methyl sites for hydroxylation is 2. The van der Waals surface area contributed by atoms with Crippen molar-refractivity contribution in [2.45, 2.75) is 33.6 Å². The molecule has 0 aliphatic carbocycles. The lowest BCUT2D eigenvalue weighted by Gasteiger charge is -2.31. The number of rotatable bonds is 5. The fraction of sp³-hybridized carbons (Fsp3) is 0.450. The summed E-state index contributed by atoms with van der Waals surface area (Å²) >= 11 is 0. The molecule has 0 saturated carbocycles. The Morgan fingerprint density at radius 2 is 2.11 bits per heavy atom. The highest BCUT2D eigenvalue weighted by atomic mass is 16.5. The lowest BCUT2D eigenvalue weighted by molar-refractivity contribution is -0.114. The monoisotopic (exact) mass is 370 g/mol. The van der Waals surface area contributed by atoms with Gasteiger partial charge in [0.05, 0.1) is 12.2 Å². The molecule has 0 bridgehead atoms. The van der Waals surface area contributed by atoms with E-state index in [9.17, 15) is 9.59 Å². The average molecular weight is 370 g/mol. The van der Waals surface area contributed by atoms with Crippen molar-refractivity contribution in [1.29, 1.82) is 0 Å². The number of carbonyl (C=O) groups is 2. The molecule has 1 aromatic heterocycles. The zero-order valence-electron chi connectivity index (χ0n) is 16.0. The maximum absolute atomic E-state index is 12.7. The number of benzene rings is 1. The molecule has 2 amide bonds. The summed E-state index contributed by atoms with van der Waals surface area (Å²) in [7, 11) is 0. The first kappa shape index (κ1) is 18.9. The maximum Gasteiger partial charge on any atom is 0.253 e. The summed E-state index contributed by atoms with van der Waals surface area (Å²) < 4.78 is 4.97. The Morgan fingerprint density at radius 3 is 2.78 bits per heavy atom. The van der Waals surface area contributed by atoms with Crippen molar-refractivity contribution in [3.05, 3.63) is 41.1 Å². The quantitative estimate of drug-likeness (QED) is 0.844. The van der Waals surface area contributed by atoms with E-state index >= 15 is 0 Å². The van der Waals surface area contributed by atoms with Gasteiger partial charge in [-0.2, -0.15) is 0 Å². The van der Waals surface area contributed by atoms with Crippen molar-refractivity contribution in [3.8, 4) is 0 Å². The van der Waals surface area contributed by atoms with E-state index in [1.165, 1.54) is 6.42 Å². The van der Waals surface area contributed by atoms with Gasteiger partial charge >= 0.3 is 0 Å². The van der Waals surface area contributed by atoms with E-state index < -0.39 is 0 Å². The van der Waals surface area contributed by atoms with Crippen LogP contribution >= 0.6 is 0 Å². The van der Waals surface area contributed by atoms with Gasteiger partial charge in [0.25, 0.3) is 5.91 Å². The summed E-state index contributed by atoms with van der Waals surface area (Å²) in [6.45, 7) is 7.63. The molecule has 1 aromatic carbocycles. The minimum Gasteiger partial charge on any atom is -0.376 e. The van der Waals surface area contributed by atoms with Gasteiger partial charge in [0.2, 0.25) is 11.8 Å². The largest absolute Gasteiger partial charge is 0.376 e. The standard InChI is InChI=1S/C20H26N4O3/c1-13-5-4-8-24(12-13)20(26)16-6-7-17(14(2)9-16)21-11-18(25)22-19-10-15(3)23-27-19/h6-7,9-10,13,21H,4-5,8,11-12H2,1-3H3,(H,22,25). The summed E-state index contributed by atoms with van der Waals surface area (Å²) in [6, 6.07) is 7.20. The van der Waals surface area contributed by atoms with Gasteiger partial charge in [0.1, 0.15) is 0 Å². The summed E-state index contributed by atoms with van der Waals surface area (Å²) in [4.78, 5) is 26.6. The molecule has 1 aliphatic rings. The zero-order chi connectivity index (χ0) is 19.4. The molecule has 1 unspecified atom stereocenters. The van der Waals surface area contributed by atoms with Gasteiger partial charge in [0, 0.05) is 30.4 Å². The Hall–Kier alpha value is -2.83. The van der Waals surface area contributed by atoms with E-state index in [1.807, 2.05) is 30.0 Å². The summed E-state index contributed by atoms with van der Waals surface area (Å²) in [5.74, 6) is 0.728. The molecule has 7 heteroatoms. The first-order valence-corrected chi connectivity index (χ1v) is 9.29. The third-order valence-corrected chi connectivity index (χ3v) is 4.75. The zero-order valence-corrected chi connectivity index (χ0v) is 16.0. The van der Waals surface area contributed by atoms with Crippen LogP contribution in [0.15, 0.2) is 28.8 Å². The minimum absolute atomic E-state index is 0.0784. The highest BCUT2D eigenvalue weighted by Crippen LogP contribution is 2.21. The van der Waals surface area contributed by atoms with E-state index in [1.54, 1.807) is 13.0 Å². The lowest BCUT2D eigenvalue weighted by atomic mass is 9.99. The Kier molecular flexibility index (Phi) is 5.78.